The first kappa shape index (κ1) is 15.8. The Morgan fingerprint density at radius 1 is 1.12 bits per heavy atom. The van der Waals surface area contributed by atoms with Gasteiger partial charge >= 0.3 is 5.97 Å². The number of anilines is 1. The third-order valence-corrected chi connectivity index (χ3v) is 4.01. The van der Waals surface area contributed by atoms with Crippen LogP contribution in [0.1, 0.15) is 20.7 Å². The van der Waals surface area contributed by atoms with Crippen molar-refractivity contribution in [1.82, 2.24) is 9.97 Å². The third-order valence-electron chi connectivity index (χ3n) is 3.25. The molecule has 0 unspecified atom stereocenters. The maximum Gasteiger partial charge on any atom is 0.337 e. The Morgan fingerprint density at radius 3 is 2.58 bits per heavy atom. The lowest BCUT2D eigenvalue weighted by atomic mass is 10.1. The number of aromatic nitrogens is 2. The molecule has 6 nitrogen and oxygen atoms in total. The van der Waals surface area contributed by atoms with Gasteiger partial charge in [0.2, 0.25) is 0 Å². The van der Waals surface area contributed by atoms with E-state index in [0.717, 1.165) is 11.3 Å². The fourth-order valence-electron chi connectivity index (χ4n) is 2.03. The molecule has 1 aromatic carbocycles. The maximum atomic E-state index is 12.1. The second-order valence-corrected chi connectivity index (χ2v) is 5.66. The number of thiazole rings is 1. The molecule has 0 aliphatic heterocycles. The van der Waals surface area contributed by atoms with E-state index in [2.05, 4.69) is 20.0 Å². The summed E-state index contributed by atoms with van der Waals surface area (Å²) in [5, 5.41) is 5.08. The molecule has 0 aliphatic carbocycles. The number of carbonyl (C=O) groups is 2. The fraction of sp³-hybridized carbons (Fsp3) is 0.0588. The van der Waals surface area contributed by atoms with Crippen LogP contribution in [0.2, 0.25) is 0 Å². The van der Waals surface area contributed by atoms with Gasteiger partial charge in [-0.1, -0.05) is 12.1 Å². The van der Waals surface area contributed by atoms with Gasteiger partial charge in [-0.25, -0.2) is 9.78 Å². The first-order valence-electron chi connectivity index (χ1n) is 7.03. The highest BCUT2D eigenvalue weighted by Gasteiger charge is 2.11. The molecule has 7 heteroatoms. The number of ether oxygens (including phenoxy) is 1. The predicted octanol–water partition coefficient (Wildman–Crippen LogP) is 3.24. The van der Waals surface area contributed by atoms with Crippen LogP contribution in [0, 0.1) is 0 Å². The van der Waals surface area contributed by atoms with E-state index in [0.29, 0.717) is 16.3 Å². The number of pyridine rings is 1. The zero-order valence-corrected chi connectivity index (χ0v) is 13.5. The van der Waals surface area contributed by atoms with E-state index in [1.807, 2.05) is 5.38 Å². The molecule has 1 N–H and O–H groups in total. The number of nitrogens with zero attached hydrogens (tertiary/aromatic N) is 2. The fourth-order valence-corrected chi connectivity index (χ4v) is 2.74. The Bertz CT molecular complexity index is 860. The van der Waals surface area contributed by atoms with Gasteiger partial charge in [-0.2, -0.15) is 0 Å². The van der Waals surface area contributed by atoms with Crippen molar-refractivity contribution >= 4 is 28.3 Å². The number of carbonyl (C=O) groups excluding carboxylic acids is 2. The number of methoxy groups -OCH3 is 1. The maximum absolute atomic E-state index is 12.1. The number of nitrogens with one attached hydrogen (secondary N) is 1. The lowest BCUT2D eigenvalue weighted by Gasteiger charge is -2.01. The quantitative estimate of drug-likeness (QED) is 0.738. The summed E-state index contributed by atoms with van der Waals surface area (Å²) in [4.78, 5) is 31.8. The number of hydrogen-bond acceptors (Lipinski definition) is 6. The van der Waals surface area contributed by atoms with Crippen LogP contribution in [-0.2, 0) is 4.74 Å². The first-order valence-corrected chi connectivity index (χ1v) is 7.91. The summed E-state index contributed by atoms with van der Waals surface area (Å²) in [6.45, 7) is 0. The molecule has 0 aliphatic rings. The second kappa shape index (κ2) is 7.01. The molecule has 1 amide bonds. The van der Waals surface area contributed by atoms with Gasteiger partial charge in [-0.15, -0.1) is 11.3 Å². The predicted molar refractivity (Wildman–Crippen MR) is 91.1 cm³/mol. The minimum Gasteiger partial charge on any atom is -0.465 e. The van der Waals surface area contributed by atoms with Crippen molar-refractivity contribution < 1.29 is 14.3 Å². The average Bonchev–Trinajstić information content (AvgIpc) is 3.10. The van der Waals surface area contributed by atoms with Crippen molar-refractivity contribution in [3.8, 4) is 11.3 Å². The highest BCUT2D eigenvalue weighted by molar-refractivity contribution is 7.14. The Hall–Kier alpha value is -3.06. The van der Waals surface area contributed by atoms with E-state index >= 15 is 0 Å². The van der Waals surface area contributed by atoms with Gasteiger partial charge in [0.1, 0.15) is 0 Å². The molecule has 0 spiro atoms. The highest BCUT2D eigenvalue weighted by Crippen LogP contribution is 2.25. The summed E-state index contributed by atoms with van der Waals surface area (Å²) < 4.78 is 4.67. The molecule has 0 atom stereocenters. The molecule has 0 saturated heterocycles. The van der Waals surface area contributed by atoms with Gasteiger partial charge in [-0.05, 0) is 24.3 Å². The summed E-state index contributed by atoms with van der Waals surface area (Å²) in [6, 6.07) is 10.3. The van der Waals surface area contributed by atoms with Crippen molar-refractivity contribution in [1.29, 1.82) is 0 Å². The second-order valence-electron chi connectivity index (χ2n) is 4.80. The van der Waals surface area contributed by atoms with Crippen molar-refractivity contribution in [3.63, 3.8) is 0 Å². The molecule has 120 valence electrons. The molecule has 0 fully saturated rings. The summed E-state index contributed by atoms with van der Waals surface area (Å²) in [7, 11) is 1.34. The lowest BCUT2D eigenvalue weighted by molar-refractivity contribution is 0.0600. The number of amides is 1. The Balaban J connectivity index is 1.73. The third kappa shape index (κ3) is 3.47. The SMILES string of the molecule is COC(=O)c1ccc(-c2csc(NC(=O)c3cccnc3)n2)cc1. The van der Waals surface area contributed by atoms with Gasteiger partial charge in [-0.3, -0.25) is 15.1 Å². The highest BCUT2D eigenvalue weighted by atomic mass is 32.1. The Morgan fingerprint density at radius 2 is 1.92 bits per heavy atom. The van der Waals surface area contributed by atoms with Crippen LogP contribution < -0.4 is 5.32 Å². The monoisotopic (exact) mass is 339 g/mol. The van der Waals surface area contributed by atoms with Crippen LogP contribution in [0.4, 0.5) is 5.13 Å². The molecule has 2 heterocycles. The standard InChI is InChI=1S/C17H13N3O3S/c1-23-16(22)12-6-4-11(5-7-12)14-10-24-17(19-14)20-15(21)13-3-2-8-18-9-13/h2-10H,1H3,(H,19,20,21). The van der Waals surface area contributed by atoms with Gasteiger partial charge in [0.05, 0.1) is 23.9 Å². The smallest absolute Gasteiger partial charge is 0.337 e. The van der Waals surface area contributed by atoms with Gasteiger partial charge < -0.3 is 4.74 Å². The van der Waals surface area contributed by atoms with Gasteiger partial charge in [0.15, 0.2) is 5.13 Å². The van der Waals surface area contributed by atoms with E-state index in [1.165, 1.54) is 24.6 Å². The molecule has 3 aromatic rings. The summed E-state index contributed by atoms with van der Waals surface area (Å²) in [6.07, 6.45) is 3.10. The normalized spacial score (nSPS) is 10.2. The minimum atomic E-state index is -0.385. The average molecular weight is 339 g/mol. The Kier molecular flexibility index (Phi) is 4.62. The number of esters is 1. The van der Waals surface area contributed by atoms with Gasteiger partial charge in [0.25, 0.3) is 5.91 Å². The van der Waals surface area contributed by atoms with E-state index in [9.17, 15) is 9.59 Å². The molecule has 0 saturated carbocycles. The van der Waals surface area contributed by atoms with Crippen molar-refractivity contribution in [2.75, 3.05) is 12.4 Å². The van der Waals surface area contributed by atoms with Crippen LogP contribution in [0.3, 0.4) is 0 Å². The van der Waals surface area contributed by atoms with E-state index in [-0.39, 0.29) is 11.9 Å². The molecule has 0 radical (unpaired) electrons. The van der Waals surface area contributed by atoms with Gasteiger partial charge in [0, 0.05) is 23.3 Å². The van der Waals surface area contributed by atoms with E-state index in [1.54, 1.807) is 42.6 Å². The van der Waals surface area contributed by atoms with Crippen LogP contribution in [0.15, 0.2) is 54.2 Å². The molecule has 3 rings (SSSR count). The molecule has 0 bridgehead atoms. The van der Waals surface area contributed by atoms with Crippen LogP contribution >= 0.6 is 11.3 Å². The van der Waals surface area contributed by atoms with Crippen molar-refractivity contribution in [2.45, 2.75) is 0 Å². The van der Waals surface area contributed by atoms with Crippen LogP contribution in [0.25, 0.3) is 11.3 Å². The zero-order valence-electron chi connectivity index (χ0n) is 12.7. The first-order chi connectivity index (χ1) is 11.7. The minimum absolute atomic E-state index is 0.259. The molecular formula is C17H13N3O3S. The van der Waals surface area contributed by atoms with Crippen molar-refractivity contribution in [3.05, 3.63) is 65.3 Å². The number of benzene rings is 1. The Labute approximate surface area is 142 Å². The van der Waals surface area contributed by atoms with E-state index < -0.39 is 0 Å². The number of hydrogen-bond donors (Lipinski definition) is 1. The van der Waals surface area contributed by atoms with Crippen molar-refractivity contribution in [2.24, 2.45) is 0 Å². The largest absolute Gasteiger partial charge is 0.465 e. The summed E-state index contributed by atoms with van der Waals surface area (Å²) >= 11 is 1.33. The van der Waals surface area contributed by atoms with E-state index in [4.69, 9.17) is 0 Å². The summed E-state index contributed by atoms with van der Waals surface area (Å²) in [5.41, 5.74) is 2.51. The molecular weight excluding hydrogens is 326 g/mol. The molecule has 24 heavy (non-hydrogen) atoms. The number of rotatable bonds is 4. The summed E-state index contributed by atoms with van der Waals surface area (Å²) in [5.74, 6) is -0.644. The van der Waals surface area contributed by atoms with Crippen LogP contribution in [-0.4, -0.2) is 29.0 Å². The molecule has 2 aromatic heterocycles. The van der Waals surface area contributed by atoms with Crippen LogP contribution in [0.5, 0.6) is 0 Å². The zero-order chi connectivity index (χ0) is 16.9. The topological polar surface area (TPSA) is 81.2 Å². The lowest BCUT2D eigenvalue weighted by Crippen LogP contribution is -2.11.